The van der Waals surface area contributed by atoms with Gasteiger partial charge in [0.1, 0.15) is 0 Å². The van der Waals surface area contributed by atoms with Crippen molar-refractivity contribution in [2.75, 3.05) is 53.4 Å². The fraction of sp³-hybridized carbons (Fsp3) is 0.867. The van der Waals surface area contributed by atoms with Crippen LogP contribution in [0.3, 0.4) is 0 Å². The Morgan fingerprint density at radius 2 is 1.71 bits per heavy atom. The van der Waals surface area contributed by atoms with E-state index in [1.807, 2.05) is 4.90 Å². The first kappa shape index (κ1) is 16.2. The van der Waals surface area contributed by atoms with Crippen molar-refractivity contribution in [3.63, 3.8) is 0 Å². The standard InChI is InChI=1S/C15H27N3O3/c1-16(2)5-6-17-7-9-18(10-8-17)14(19)12-3-4-13(11-12)15(20)21/h12-13H,3-11H2,1-2H3,(H,20,21)/t12-,13+/m1/s1. The lowest BCUT2D eigenvalue weighted by atomic mass is 10.0. The molecule has 0 unspecified atom stereocenters. The van der Waals surface area contributed by atoms with Gasteiger partial charge in [0, 0.05) is 45.2 Å². The summed E-state index contributed by atoms with van der Waals surface area (Å²) in [6.45, 7) is 5.49. The molecule has 6 nitrogen and oxygen atoms in total. The molecule has 1 aliphatic carbocycles. The molecule has 0 aromatic carbocycles. The van der Waals surface area contributed by atoms with Crippen molar-refractivity contribution < 1.29 is 14.7 Å². The molecule has 1 amide bonds. The van der Waals surface area contributed by atoms with Gasteiger partial charge in [0.25, 0.3) is 0 Å². The zero-order valence-corrected chi connectivity index (χ0v) is 13.1. The van der Waals surface area contributed by atoms with E-state index in [0.29, 0.717) is 12.8 Å². The number of likely N-dealkylation sites (N-methyl/N-ethyl adjacent to an activating group) is 1. The van der Waals surface area contributed by atoms with E-state index in [1.54, 1.807) is 0 Å². The van der Waals surface area contributed by atoms with E-state index in [4.69, 9.17) is 5.11 Å². The molecule has 21 heavy (non-hydrogen) atoms. The molecule has 0 aromatic heterocycles. The van der Waals surface area contributed by atoms with E-state index in [1.165, 1.54) is 0 Å². The summed E-state index contributed by atoms with van der Waals surface area (Å²) < 4.78 is 0. The number of nitrogens with zero attached hydrogens (tertiary/aromatic N) is 3. The van der Waals surface area contributed by atoms with Gasteiger partial charge in [-0.3, -0.25) is 14.5 Å². The average Bonchev–Trinajstić information content (AvgIpc) is 2.95. The van der Waals surface area contributed by atoms with Gasteiger partial charge in [-0.25, -0.2) is 0 Å². The third kappa shape index (κ3) is 4.41. The number of carbonyl (C=O) groups excluding carboxylic acids is 1. The second-order valence-electron chi connectivity index (χ2n) is 6.52. The van der Waals surface area contributed by atoms with E-state index in [2.05, 4.69) is 23.9 Å². The number of hydrogen-bond acceptors (Lipinski definition) is 4. The van der Waals surface area contributed by atoms with Crippen LogP contribution in [0.4, 0.5) is 0 Å². The normalized spacial score (nSPS) is 27.3. The first-order valence-electron chi connectivity index (χ1n) is 7.86. The third-order valence-electron chi connectivity index (χ3n) is 4.68. The monoisotopic (exact) mass is 297 g/mol. The molecule has 2 atom stereocenters. The van der Waals surface area contributed by atoms with Crippen molar-refractivity contribution in [2.24, 2.45) is 11.8 Å². The fourth-order valence-corrected chi connectivity index (χ4v) is 3.22. The summed E-state index contributed by atoms with van der Waals surface area (Å²) in [5.41, 5.74) is 0. The molecule has 2 fully saturated rings. The van der Waals surface area contributed by atoms with Crippen LogP contribution in [0.5, 0.6) is 0 Å². The fourth-order valence-electron chi connectivity index (χ4n) is 3.22. The Bertz CT molecular complexity index is 378. The van der Waals surface area contributed by atoms with Gasteiger partial charge in [0.15, 0.2) is 0 Å². The molecule has 0 spiro atoms. The molecule has 2 rings (SSSR count). The predicted octanol–water partition coefficient (Wildman–Crippen LogP) is 0.193. The molecule has 1 aliphatic heterocycles. The Balaban J connectivity index is 1.75. The molecule has 1 saturated carbocycles. The molecule has 1 saturated heterocycles. The zero-order valence-electron chi connectivity index (χ0n) is 13.1. The molecule has 0 bridgehead atoms. The summed E-state index contributed by atoms with van der Waals surface area (Å²) in [5.74, 6) is -0.968. The largest absolute Gasteiger partial charge is 0.481 e. The van der Waals surface area contributed by atoms with Crippen LogP contribution in [0.15, 0.2) is 0 Å². The van der Waals surface area contributed by atoms with Crippen molar-refractivity contribution in [2.45, 2.75) is 19.3 Å². The molecular formula is C15H27N3O3. The minimum absolute atomic E-state index is 0.0700. The van der Waals surface area contributed by atoms with Crippen LogP contribution in [-0.2, 0) is 9.59 Å². The second kappa shape index (κ2) is 7.22. The number of carbonyl (C=O) groups is 2. The average molecular weight is 297 g/mol. The van der Waals surface area contributed by atoms with Crippen molar-refractivity contribution in [3.05, 3.63) is 0 Å². The highest BCUT2D eigenvalue weighted by Gasteiger charge is 2.36. The maximum Gasteiger partial charge on any atom is 0.306 e. The lowest BCUT2D eigenvalue weighted by molar-refractivity contribution is -0.142. The Hall–Kier alpha value is -1.14. The van der Waals surface area contributed by atoms with Crippen LogP contribution in [0.2, 0.25) is 0 Å². The quantitative estimate of drug-likeness (QED) is 0.785. The van der Waals surface area contributed by atoms with E-state index in [0.717, 1.165) is 45.7 Å². The second-order valence-corrected chi connectivity index (χ2v) is 6.52. The van der Waals surface area contributed by atoms with Crippen molar-refractivity contribution >= 4 is 11.9 Å². The van der Waals surface area contributed by atoms with Gasteiger partial charge in [-0.05, 0) is 33.4 Å². The topological polar surface area (TPSA) is 64.1 Å². The number of rotatable bonds is 5. The number of carboxylic acid groups (broad SMARTS) is 1. The van der Waals surface area contributed by atoms with Gasteiger partial charge in [-0.15, -0.1) is 0 Å². The molecule has 0 aromatic rings. The van der Waals surface area contributed by atoms with Crippen LogP contribution in [0.25, 0.3) is 0 Å². The van der Waals surface area contributed by atoms with Gasteiger partial charge in [-0.2, -0.15) is 0 Å². The molecule has 120 valence electrons. The highest BCUT2D eigenvalue weighted by atomic mass is 16.4. The third-order valence-corrected chi connectivity index (χ3v) is 4.68. The summed E-state index contributed by atoms with van der Waals surface area (Å²) >= 11 is 0. The molecule has 1 heterocycles. The van der Waals surface area contributed by atoms with Crippen molar-refractivity contribution in [1.82, 2.24) is 14.7 Å². The number of piperazine rings is 1. The first-order valence-corrected chi connectivity index (χ1v) is 7.86. The van der Waals surface area contributed by atoms with E-state index >= 15 is 0 Å². The van der Waals surface area contributed by atoms with E-state index in [9.17, 15) is 9.59 Å². The minimum atomic E-state index is -0.751. The zero-order chi connectivity index (χ0) is 15.4. The maximum atomic E-state index is 12.4. The van der Waals surface area contributed by atoms with Gasteiger partial charge in [-0.1, -0.05) is 0 Å². The Kier molecular flexibility index (Phi) is 5.58. The van der Waals surface area contributed by atoms with Crippen LogP contribution in [-0.4, -0.2) is 85.0 Å². The number of carboxylic acids is 1. The summed E-state index contributed by atoms with van der Waals surface area (Å²) in [6, 6.07) is 0. The number of amides is 1. The summed E-state index contributed by atoms with van der Waals surface area (Å²) in [7, 11) is 4.14. The lowest BCUT2D eigenvalue weighted by Gasteiger charge is -2.36. The van der Waals surface area contributed by atoms with Crippen LogP contribution in [0.1, 0.15) is 19.3 Å². The van der Waals surface area contributed by atoms with Gasteiger partial charge in [0.05, 0.1) is 5.92 Å². The van der Waals surface area contributed by atoms with Crippen LogP contribution < -0.4 is 0 Å². The Labute approximate surface area is 126 Å². The first-order chi connectivity index (χ1) is 9.97. The molecule has 1 N–H and O–H groups in total. The minimum Gasteiger partial charge on any atom is -0.481 e. The van der Waals surface area contributed by atoms with Gasteiger partial charge in [0.2, 0.25) is 5.91 Å². The number of aliphatic carboxylic acids is 1. The highest BCUT2D eigenvalue weighted by molar-refractivity contribution is 5.81. The smallest absolute Gasteiger partial charge is 0.306 e. The molecule has 6 heteroatoms. The lowest BCUT2D eigenvalue weighted by Crippen LogP contribution is -2.51. The van der Waals surface area contributed by atoms with Crippen LogP contribution in [0, 0.1) is 11.8 Å². The van der Waals surface area contributed by atoms with E-state index < -0.39 is 5.97 Å². The summed E-state index contributed by atoms with van der Waals surface area (Å²) in [6.07, 6.45) is 1.90. The molecular weight excluding hydrogens is 270 g/mol. The van der Waals surface area contributed by atoms with Gasteiger partial charge >= 0.3 is 5.97 Å². The molecule has 2 aliphatic rings. The van der Waals surface area contributed by atoms with Crippen molar-refractivity contribution in [1.29, 1.82) is 0 Å². The van der Waals surface area contributed by atoms with Gasteiger partial charge < -0.3 is 14.9 Å². The van der Waals surface area contributed by atoms with E-state index in [-0.39, 0.29) is 17.7 Å². The SMILES string of the molecule is CN(C)CCN1CCN(C(=O)[C@@H]2CC[C@H](C(=O)O)C2)CC1. The predicted molar refractivity (Wildman–Crippen MR) is 80.0 cm³/mol. The van der Waals surface area contributed by atoms with Crippen molar-refractivity contribution in [3.8, 4) is 0 Å². The summed E-state index contributed by atoms with van der Waals surface area (Å²) in [5, 5.41) is 9.03. The van der Waals surface area contributed by atoms with Crippen LogP contribution >= 0.6 is 0 Å². The molecule has 0 radical (unpaired) electrons. The summed E-state index contributed by atoms with van der Waals surface area (Å²) in [4.78, 5) is 29.9. The highest BCUT2D eigenvalue weighted by Crippen LogP contribution is 2.32. The number of hydrogen-bond donors (Lipinski definition) is 1. The Morgan fingerprint density at radius 1 is 1.10 bits per heavy atom. The maximum absolute atomic E-state index is 12.4. The Morgan fingerprint density at radius 3 is 2.24 bits per heavy atom.